The fraction of sp³-hybridized carbons (Fsp3) is 0.455. The lowest BCUT2D eigenvalue weighted by atomic mass is 9.67. The van der Waals surface area contributed by atoms with E-state index in [0.717, 1.165) is 5.57 Å². The van der Waals surface area contributed by atoms with Gasteiger partial charge in [0, 0.05) is 11.0 Å². The summed E-state index contributed by atoms with van der Waals surface area (Å²) >= 11 is 0. The largest absolute Gasteiger partial charge is 0.461 e. The van der Waals surface area contributed by atoms with Gasteiger partial charge in [-0.1, -0.05) is 11.6 Å². The van der Waals surface area contributed by atoms with Crippen molar-refractivity contribution < 1.29 is 33.0 Å². The molecule has 0 unspecified atom stereocenters. The number of esters is 1. The molecule has 0 aliphatic heterocycles. The Balaban J connectivity index is 1.58. The second-order valence-corrected chi connectivity index (χ2v) is 9.90. The molecule has 0 aromatic heterocycles. The quantitative estimate of drug-likeness (QED) is 0.488. The van der Waals surface area contributed by atoms with Gasteiger partial charge in [0.25, 0.3) is 0 Å². The van der Waals surface area contributed by atoms with Crippen molar-refractivity contribution >= 4 is 22.5 Å². The van der Waals surface area contributed by atoms with Crippen molar-refractivity contribution in [1.29, 1.82) is 0 Å². The third-order valence-corrected chi connectivity index (χ3v) is 7.70. The van der Waals surface area contributed by atoms with Crippen molar-refractivity contribution in [2.75, 3.05) is 6.61 Å². The summed E-state index contributed by atoms with van der Waals surface area (Å²) in [4.78, 5) is 25.5. The Morgan fingerprint density at radius 3 is 2.33 bits per heavy atom. The van der Waals surface area contributed by atoms with Gasteiger partial charge in [-0.15, -0.1) is 0 Å². The van der Waals surface area contributed by atoms with Gasteiger partial charge in [0.1, 0.15) is 12.2 Å². The lowest BCUT2D eigenvalue weighted by molar-refractivity contribution is -0.138. The summed E-state index contributed by atoms with van der Waals surface area (Å²) in [7, 11) is -2.73. The monoisotopic (exact) mass is 432 g/mol. The molecule has 1 aromatic rings. The molecule has 0 radical (unpaired) electrons. The van der Waals surface area contributed by atoms with Gasteiger partial charge < -0.3 is 14.9 Å². The highest BCUT2D eigenvalue weighted by Crippen LogP contribution is 2.65. The average molecular weight is 432 g/mol. The molecule has 1 aromatic carbocycles. The minimum atomic E-state index is -2.73. The van der Waals surface area contributed by atoms with Gasteiger partial charge in [-0.3, -0.25) is 4.79 Å². The molecule has 30 heavy (non-hydrogen) atoms. The second kappa shape index (κ2) is 6.60. The molecule has 0 bridgehead atoms. The Kier molecular flexibility index (Phi) is 4.61. The van der Waals surface area contributed by atoms with Crippen LogP contribution in [0.2, 0.25) is 0 Å². The maximum atomic E-state index is 13.0. The Morgan fingerprint density at radius 2 is 1.80 bits per heavy atom. The molecule has 0 heterocycles. The van der Waals surface area contributed by atoms with Gasteiger partial charge in [0.15, 0.2) is 16.5 Å². The van der Waals surface area contributed by atoms with Crippen molar-refractivity contribution in [3.8, 4) is 0 Å². The van der Waals surface area contributed by atoms with Crippen molar-refractivity contribution in [2.45, 2.75) is 50.2 Å². The number of hydrogen-bond acceptors (Lipinski definition) is 7. The van der Waals surface area contributed by atoms with Crippen LogP contribution in [0.5, 0.6) is 0 Å². The first-order valence-electron chi connectivity index (χ1n) is 9.76. The van der Waals surface area contributed by atoms with E-state index in [9.17, 15) is 28.2 Å². The Bertz CT molecular complexity index is 1080. The number of fused-ring (bicyclic) bond motifs is 1. The summed E-state index contributed by atoms with van der Waals surface area (Å²) in [5.41, 5.74) is -1.32. The molecule has 1 fully saturated rings. The predicted octanol–water partition coefficient (Wildman–Crippen LogP) is 1.55. The van der Waals surface area contributed by atoms with Gasteiger partial charge in [0.2, 0.25) is 0 Å². The smallest absolute Gasteiger partial charge is 0.338 e. The van der Waals surface area contributed by atoms with Gasteiger partial charge in [-0.2, -0.15) is 0 Å². The highest BCUT2D eigenvalue weighted by molar-refractivity contribution is 7.72. The number of carbonyl (C=O) groups is 2. The number of aliphatic hydroxyl groups excluding tert-OH is 1. The highest BCUT2D eigenvalue weighted by atomic mass is 32.2. The molecule has 8 heteroatoms. The number of thiol groups is 1. The maximum absolute atomic E-state index is 13.0. The van der Waals surface area contributed by atoms with Crippen LogP contribution in [0, 0.1) is 10.8 Å². The van der Waals surface area contributed by atoms with E-state index in [-0.39, 0.29) is 17.1 Å². The van der Waals surface area contributed by atoms with Gasteiger partial charge in [-0.05, 0) is 63.5 Å². The van der Waals surface area contributed by atoms with Crippen LogP contribution in [-0.4, -0.2) is 48.7 Å². The van der Waals surface area contributed by atoms with Crippen molar-refractivity contribution in [3.63, 3.8) is 0 Å². The lowest BCUT2D eigenvalue weighted by Crippen LogP contribution is -2.50. The Morgan fingerprint density at radius 1 is 1.20 bits per heavy atom. The average Bonchev–Trinajstić information content (AvgIpc) is 3.48. The van der Waals surface area contributed by atoms with Crippen molar-refractivity contribution in [2.24, 2.45) is 10.8 Å². The zero-order chi connectivity index (χ0) is 22.1. The standard InChI is InChI=1S/C22H24O7S/c1-12-16-15(17(23)21(3,26)22(12)8-9-22)10-20(2,18(16)24)11-29-19(25)13-4-6-14(7-5-13)30(27)28/h4-7,10,18,24,26,30H,8-9,11H2,1-3H3/t18-,20+,21+/m1/s1. The summed E-state index contributed by atoms with van der Waals surface area (Å²) in [6, 6.07) is 5.35. The molecule has 4 rings (SSSR count). The first-order valence-corrected chi connectivity index (χ1v) is 10.9. The maximum Gasteiger partial charge on any atom is 0.338 e. The van der Waals surface area contributed by atoms with Crippen LogP contribution in [0.4, 0.5) is 0 Å². The van der Waals surface area contributed by atoms with Crippen LogP contribution < -0.4 is 0 Å². The fourth-order valence-corrected chi connectivity index (χ4v) is 5.18. The Hall–Kier alpha value is -2.29. The molecule has 160 valence electrons. The summed E-state index contributed by atoms with van der Waals surface area (Å²) < 4.78 is 27.3. The predicted molar refractivity (Wildman–Crippen MR) is 107 cm³/mol. The number of aliphatic hydroxyl groups is 2. The minimum absolute atomic E-state index is 0.0931. The molecule has 0 saturated heterocycles. The SMILES string of the molecule is CC1=C2C(=C[C@@](C)(COC(=O)c3ccc([SH](=O)=O)cc3)[C@@H]2O)C(=O)[C@](C)(O)C12CC2. The van der Waals surface area contributed by atoms with Crippen LogP contribution in [0.3, 0.4) is 0 Å². The second-order valence-electron chi connectivity index (χ2n) is 8.87. The molecular formula is C22H24O7S. The van der Waals surface area contributed by atoms with E-state index in [1.54, 1.807) is 13.0 Å². The topological polar surface area (TPSA) is 118 Å². The summed E-state index contributed by atoms with van der Waals surface area (Å²) in [6.45, 7) is 4.90. The zero-order valence-corrected chi connectivity index (χ0v) is 17.9. The number of Topliss-reactive ketones (excluding diaryl/α,β-unsaturated/α-hetero) is 1. The number of ketones is 1. The van der Waals surface area contributed by atoms with E-state index in [1.165, 1.54) is 31.2 Å². The van der Waals surface area contributed by atoms with Gasteiger partial charge in [-0.25, -0.2) is 13.2 Å². The molecule has 3 atom stereocenters. The van der Waals surface area contributed by atoms with Crippen LogP contribution in [0.25, 0.3) is 0 Å². The summed E-state index contributed by atoms with van der Waals surface area (Å²) in [6.07, 6.45) is 1.95. The van der Waals surface area contributed by atoms with Crippen LogP contribution in [0.15, 0.2) is 52.0 Å². The number of hydrogen-bond donors (Lipinski definition) is 3. The molecule has 3 aliphatic rings. The van der Waals surface area contributed by atoms with Gasteiger partial charge >= 0.3 is 5.97 Å². The molecule has 0 amide bonds. The van der Waals surface area contributed by atoms with Crippen molar-refractivity contribution in [3.05, 3.63) is 52.6 Å². The number of rotatable bonds is 4. The van der Waals surface area contributed by atoms with E-state index in [2.05, 4.69) is 0 Å². The first kappa shape index (κ1) is 21.0. The third-order valence-electron chi connectivity index (χ3n) is 6.98. The van der Waals surface area contributed by atoms with E-state index >= 15 is 0 Å². The van der Waals surface area contributed by atoms with Crippen LogP contribution in [0.1, 0.15) is 44.0 Å². The summed E-state index contributed by atoms with van der Waals surface area (Å²) in [5, 5.41) is 21.9. The number of carbonyl (C=O) groups excluding carboxylic acids is 2. The van der Waals surface area contributed by atoms with E-state index in [0.29, 0.717) is 24.0 Å². The number of ether oxygens (including phenoxy) is 1. The lowest BCUT2D eigenvalue weighted by Gasteiger charge is -2.39. The Labute approximate surface area is 176 Å². The summed E-state index contributed by atoms with van der Waals surface area (Å²) in [5.74, 6) is -1.07. The number of benzene rings is 1. The molecule has 7 nitrogen and oxygen atoms in total. The molecule has 1 saturated carbocycles. The molecular weight excluding hydrogens is 408 g/mol. The van der Waals surface area contributed by atoms with E-state index in [1.807, 2.05) is 6.92 Å². The fourth-order valence-electron chi connectivity index (χ4n) is 4.79. The first-order chi connectivity index (χ1) is 13.9. The zero-order valence-electron chi connectivity index (χ0n) is 17.0. The minimum Gasteiger partial charge on any atom is -0.461 e. The van der Waals surface area contributed by atoms with Crippen LogP contribution in [-0.2, 0) is 20.2 Å². The van der Waals surface area contributed by atoms with Crippen molar-refractivity contribution in [1.82, 2.24) is 0 Å². The molecule has 2 N–H and O–H groups in total. The van der Waals surface area contributed by atoms with Gasteiger partial charge in [0.05, 0.1) is 22.0 Å². The molecule has 3 aliphatic carbocycles. The highest BCUT2D eigenvalue weighted by Gasteiger charge is 2.66. The normalized spacial score (nSPS) is 31.7. The van der Waals surface area contributed by atoms with E-state index < -0.39 is 45.0 Å². The van der Waals surface area contributed by atoms with E-state index in [4.69, 9.17) is 4.74 Å². The third kappa shape index (κ3) is 2.81. The molecule has 1 spiro atoms. The van der Waals surface area contributed by atoms with Crippen LogP contribution >= 0.6 is 0 Å².